The number of alkyl halides is 6. The Kier molecular flexibility index (Phi) is 8.27. The summed E-state index contributed by atoms with van der Waals surface area (Å²) in [4.78, 5) is 28.0. The van der Waals surface area contributed by atoms with Gasteiger partial charge in [0.15, 0.2) is 0 Å². The second-order valence-corrected chi connectivity index (χ2v) is 10.0. The lowest BCUT2D eigenvalue weighted by Crippen LogP contribution is -2.29. The highest BCUT2D eigenvalue weighted by Crippen LogP contribution is 2.39. The predicted octanol–water partition coefficient (Wildman–Crippen LogP) is 6.69. The Morgan fingerprint density at radius 3 is 2.23 bits per heavy atom. The van der Waals surface area contributed by atoms with Crippen LogP contribution in [0.3, 0.4) is 0 Å². The lowest BCUT2D eigenvalue weighted by atomic mass is 10.1. The van der Waals surface area contributed by atoms with Crippen molar-refractivity contribution in [2.75, 3.05) is 6.54 Å². The molecule has 1 N–H and O–H groups in total. The van der Waals surface area contributed by atoms with Gasteiger partial charge in [-0.2, -0.15) is 26.3 Å². The molecule has 14 heteroatoms. The largest absolute Gasteiger partial charge is 0.481 e. The molecule has 188 valence electrons. The monoisotopic (exact) mass is 554 g/mol. The smallest absolute Gasteiger partial charge is 0.433 e. The zero-order valence-corrected chi connectivity index (χ0v) is 20.0. The van der Waals surface area contributed by atoms with Gasteiger partial charge in [-0.25, -0.2) is 4.98 Å². The van der Waals surface area contributed by atoms with E-state index in [0.29, 0.717) is 47.1 Å². The first-order chi connectivity index (χ1) is 16.3. The minimum atomic E-state index is -5.06. The number of thiocarbonyl (C=S) groups is 1. The molecule has 3 rings (SSSR count). The van der Waals surface area contributed by atoms with Crippen LogP contribution in [0.2, 0.25) is 0 Å². The van der Waals surface area contributed by atoms with E-state index in [1.807, 2.05) is 0 Å². The van der Waals surface area contributed by atoms with Crippen LogP contribution < -0.4 is 0 Å². The van der Waals surface area contributed by atoms with E-state index in [2.05, 4.69) is 4.98 Å². The number of hydrogen-bond donors (Lipinski definition) is 1. The van der Waals surface area contributed by atoms with Gasteiger partial charge in [-0.15, -0.1) is 11.3 Å². The van der Waals surface area contributed by atoms with Crippen molar-refractivity contribution < 1.29 is 41.0 Å². The third-order valence-corrected chi connectivity index (χ3v) is 7.04. The average molecular weight is 555 g/mol. The predicted molar refractivity (Wildman–Crippen MR) is 124 cm³/mol. The summed E-state index contributed by atoms with van der Waals surface area (Å²) < 4.78 is 78.9. The van der Waals surface area contributed by atoms with Crippen molar-refractivity contribution in [1.82, 2.24) is 9.88 Å². The first kappa shape index (κ1) is 27.1. The van der Waals surface area contributed by atoms with Crippen LogP contribution in [0, 0.1) is 0 Å². The van der Waals surface area contributed by atoms with Gasteiger partial charge in [0.2, 0.25) is 0 Å². The summed E-state index contributed by atoms with van der Waals surface area (Å²) in [7, 11) is 0. The molecule has 0 aliphatic carbocycles. The second kappa shape index (κ2) is 10.7. The zero-order valence-electron chi connectivity index (χ0n) is 17.6. The van der Waals surface area contributed by atoms with Crippen LogP contribution in [0.4, 0.5) is 26.3 Å². The molecule has 1 aliphatic heterocycles. The van der Waals surface area contributed by atoms with E-state index in [4.69, 9.17) is 17.3 Å². The number of aliphatic carboxylic acids is 1. The van der Waals surface area contributed by atoms with Gasteiger partial charge >= 0.3 is 18.3 Å². The first-order valence-electron chi connectivity index (χ1n) is 9.98. The lowest BCUT2D eigenvalue weighted by Gasteiger charge is -2.13. The molecule has 2 aromatic heterocycles. The summed E-state index contributed by atoms with van der Waals surface area (Å²) in [6.07, 6.45) is -6.98. The number of pyridine rings is 1. The molecule has 0 aromatic carbocycles. The van der Waals surface area contributed by atoms with Gasteiger partial charge < -0.3 is 5.11 Å². The van der Waals surface area contributed by atoms with Crippen LogP contribution in [0.1, 0.15) is 41.9 Å². The summed E-state index contributed by atoms with van der Waals surface area (Å²) in [6, 6.07) is 2.48. The number of carboxylic acids is 1. The molecule has 1 aliphatic rings. The maximum absolute atomic E-state index is 13.1. The van der Waals surface area contributed by atoms with Gasteiger partial charge in [-0.1, -0.05) is 30.4 Å². The molecular formula is C21H16F6N2O3S3. The normalized spacial score (nSPS) is 15.9. The number of halogens is 6. The number of amides is 1. The molecule has 1 saturated heterocycles. The Morgan fingerprint density at radius 2 is 1.66 bits per heavy atom. The maximum atomic E-state index is 13.1. The van der Waals surface area contributed by atoms with E-state index in [1.54, 1.807) is 0 Å². The third kappa shape index (κ3) is 7.04. The summed E-state index contributed by atoms with van der Waals surface area (Å²) >= 11 is 7.31. The fraction of sp³-hybridized carbons (Fsp3) is 0.333. The number of hydrogen-bond acceptors (Lipinski definition) is 6. The molecule has 0 saturated carbocycles. The van der Waals surface area contributed by atoms with Crippen LogP contribution in [0.15, 0.2) is 28.5 Å². The zero-order chi connectivity index (χ0) is 26.0. The number of unbranched alkanes of at least 4 members (excludes halogenated alkanes) is 2. The van der Waals surface area contributed by atoms with E-state index in [0.717, 1.165) is 23.1 Å². The molecule has 1 amide bonds. The van der Waals surface area contributed by atoms with Crippen LogP contribution >= 0.6 is 35.3 Å². The molecule has 0 radical (unpaired) electrons. The number of thioether (sulfide) groups is 1. The molecule has 2 aromatic rings. The Morgan fingerprint density at radius 1 is 1.03 bits per heavy atom. The van der Waals surface area contributed by atoms with Crippen LogP contribution in [-0.4, -0.2) is 37.7 Å². The molecule has 0 bridgehead atoms. The number of aromatic nitrogens is 1. The molecule has 0 unspecified atom stereocenters. The lowest BCUT2D eigenvalue weighted by molar-refractivity contribution is -0.150. The van der Waals surface area contributed by atoms with Gasteiger partial charge in [-0.3, -0.25) is 14.5 Å². The van der Waals surface area contributed by atoms with Crippen LogP contribution in [0.5, 0.6) is 0 Å². The maximum Gasteiger partial charge on any atom is 0.433 e. The van der Waals surface area contributed by atoms with Gasteiger partial charge in [-0.05, 0) is 53.6 Å². The van der Waals surface area contributed by atoms with E-state index in [1.165, 1.54) is 22.4 Å². The second-order valence-electron chi connectivity index (χ2n) is 7.40. The molecular weight excluding hydrogens is 538 g/mol. The van der Waals surface area contributed by atoms with Gasteiger partial charge in [0.1, 0.15) is 15.7 Å². The summed E-state index contributed by atoms with van der Waals surface area (Å²) in [5.41, 5.74) is -3.49. The van der Waals surface area contributed by atoms with Crippen molar-refractivity contribution in [3.63, 3.8) is 0 Å². The highest BCUT2D eigenvalue weighted by molar-refractivity contribution is 8.26. The highest BCUT2D eigenvalue weighted by Gasteiger charge is 2.39. The van der Waals surface area contributed by atoms with Gasteiger partial charge in [0.25, 0.3) is 5.91 Å². The molecule has 3 heterocycles. The minimum Gasteiger partial charge on any atom is -0.481 e. The number of thiophene rings is 1. The Hall–Kier alpha value is -2.45. The fourth-order valence-corrected chi connectivity index (χ4v) is 5.33. The van der Waals surface area contributed by atoms with E-state index < -0.39 is 29.7 Å². The average Bonchev–Trinajstić information content (AvgIpc) is 3.31. The topological polar surface area (TPSA) is 70.5 Å². The van der Waals surface area contributed by atoms with Crippen molar-refractivity contribution >= 4 is 57.6 Å². The standard InChI is InChI=1S/C21H16F6N2O3S3/c22-20(23,24)15-7-11(8-16(28-15)21(25,26)27)12-6-13(34-10-12)9-14-18(32)29(19(33)35-14)5-3-1-2-4-17(30)31/h6-10H,1-5H2,(H,30,31). The quantitative estimate of drug-likeness (QED) is 0.170. The Balaban J connectivity index is 1.78. The van der Waals surface area contributed by atoms with Crippen molar-refractivity contribution in [2.24, 2.45) is 0 Å². The van der Waals surface area contributed by atoms with Crippen LogP contribution in [-0.2, 0) is 21.9 Å². The number of nitrogens with zero attached hydrogens (tertiary/aromatic N) is 2. The Labute approximate surface area is 208 Å². The first-order valence-corrected chi connectivity index (χ1v) is 12.1. The summed E-state index contributed by atoms with van der Waals surface area (Å²) in [5, 5.41) is 10.1. The van der Waals surface area contributed by atoms with Crippen molar-refractivity contribution in [2.45, 2.75) is 38.0 Å². The van der Waals surface area contributed by atoms with E-state index in [9.17, 15) is 35.9 Å². The molecule has 1 fully saturated rings. The highest BCUT2D eigenvalue weighted by atomic mass is 32.2. The molecule has 35 heavy (non-hydrogen) atoms. The van der Waals surface area contributed by atoms with E-state index >= 15 is 0 Å². The van der Waals surface area contributed by atoms with Crippen LogP contribution in [0.25, 0.3) is 17.2 Å². The number of carbonyl (C=O) groups is 2. The van der Waals surface area contributed by atoms with E-state index in [-0.39, 0.29) is 28.4 Å². The Bertz CT molecular complexity index is 1140. The summed E-state index contributed by atoms with van der Waals surface area (Å²) in [5.74, 6) is -1.26. The van der Waals surface area contributed by atoms with Gasteiger partial charge in [0.05, 0.1) is 4.91 Å². The molecule has 0 spiro atoms. The van der Waals surface area contributed by atoms with Crippen molar-refractivity contribution in [1.29, 1.82) is 0 Å². The molecule has 5 nitrogen and oxygen atoms in total. The van der Waals surface area contributed by atoms with Gasteiger partial charge in [0, 0.05) is 17.8 Å². The fourth-order valence-electron chi connectivity index (χ4n) is 3.11. The summed E-state index contributed by atoms with van der Waals surface area (Å²) in [6.45, 7) is 0.314. The third-order valence-electron chi connectivity index (χ3n) is 4.78. The number of carbonyl (C=O) groups excluding carboxylic acids is 1. The minimum absolute atomic E-state index is 0.0331. The van der Waals surface area contributed by atoms with Crippen molar-refractivity contribution in [3.05, 3.63) is 44.7 Å². The SMILES string of the molecule is O=C(O)CCCCCN1C(=O)C(=Cc2cc(-c3cc(C(F)(F)F)nc(C(F)(F)F)c3)cs2)SC1=S. The molecule has 0 atom stereocenters. The number of carboxylic acid groups (broad SMARTS) is 1. The van der Waals surface area contributed by atoms with Crippen molar-refractivity contribution in [3.8, 4) is 11.1 Å². The number of rotatable bonds is 8.